The van der Waals surface area contributed by atoms with Crippen LogP contribution in [0.1, 0.15) is 41.0 Å². The summed E-state index contributed by atoms with van der Waals surface area (Å²) < 4.78 is 15.8. The Morgan fingerprint density at radius 2 is 1.55 bits per heavy atom. The standard InChI is InChI=1S/C14H29NO4S/c1-13(2,3)19-12(16)15-7-9-18-11-10-17-8-6-14(4,5)20/h20H,6-11H2,1-5H3,(H,15,16). The van der Waals surface area contributed by atoms with Crippen molar-refractivity contribution in [3.63, 3.8) is 0 Å². The molecule has 5 nitrogen and oxygen atoms in total. The molecule has 0 radical (unpaired) electrons. The van der Waals surface area contributed by atoms with Gasteiger partial charge < -0.3 is 19.5 Å². The molecular formula is C14H29NO4S. The number of carbonyl (C=O) groups excluding carboxylic acids is 1. The van der Waals surface area contributed by atoms with E-state index in [1.165, 1.54) is 0 Å². The van der Waals surface area contributed by atoms with Gasteiger partial charge in [-0.3, -0.25) is 0 Å². The van der Waals surface area contributed by atoms with E-state index >= 15 is 0 Å². The molecule has 0 bridgehead atoms. The number of carbonyl (C=O) groups is 1. The third-order valence-electron chi connectivity index (χ3n) is 2.14. The average molecular weight is 307 g/mol. The molecule has 0 fully saturated rings. The van der Waals surface area contributed by atoms with Gasteiger partial charge >= 0.3 is 6.09 Å². The van der Waals surface area contributed by atoms with Crippen molar-refractivity contribution in [1.82, 2.24) is 5.32 Å². The van der Waals surface area contributed by atoms with Gasteiger partial charge in [-0.25, -0.2) is 4.79 Å². The van der Waals surface area contributed by atoms with Gasteiger partial charge in [0.2, 0.25) is 0 Å². The summed E-state index contributed by atoms with van der Waals surface area (Å²) in [6.45, 7) is 12.2. The van der Waals surface area contributed by atoms with E-state index in [4.69, 9.17) is 14.2 Å². The molecule has 1 N–H and O–H groups in total. The molecule has 6 heteroatoms. The van der Waals surface area contributed by atoms with Crippen LogP contribution in [0.25, 0.3) is 0 Å². The Labute approximate surface area is 128 Å². The van der Waals surface area contributed by atoms with Crippen molar-refractivity contribution in [1.29, 1.82) is 0 Å². The number of thiol groups is 1. The molecule has 0 saturated heterocycles. The van der Waals surface area contributed by atoms with Crippen molar-refractivity contribution in [2.75, 3.05) is 33.0 Å². The Hall–Kier alpha value is -0.460. The summed E-state index contributed by atoms with van der Waals surface area (Å²) in [4.78, 5) is 11.3. The van der Waals surface area contributed by atoms with Crippen molar-refractivity contribution in [3.8, 4) is 0 Å². The first-order valence-electron chi connectivity index (χ1n) is 6.95. The Morgan fingerprint density at radius 1 is 1.00 bits per heavy atom. The highest BCUT2D eigenvalue weighted by molar-refractivity contribution is 7.81. The van der Waals surface area contributed by atoms with Crippen molar-refractivity contribution < 1.29 is 19.0 Å². The lowest BCUT2D eigenvalue weighted by atomic mass is 10.1. The molecule has 0 aliphatic carbocycles. The second-order valence-corrected chi connectivity index (χ2v) is 7.43. The maximum atomic E-state index is 11.3. The van der Waals surface area contributed by atoms with Crippen molar-refractivity contribution >= 4 is 18.7 Å². The first kappa shape index (κ1) is 19.5. The third-order valence-corrected chi connectivity index (χ3v) is 2.37. The molecule has 0 atom stereocenters. The molecule has 0 aromatic rings. The van der Waals surface area contributed by atoms with Gasteiger partial charge in [-0.15, -0.1) is 0 Å². The first-order chi connectivity index (χ1) is 9.10. The molecule has 1 amide bonds. The van der Waals surface area contributed by atoms with E-state index in [2.05, 4.69) is 31.8 Å². The number of amides is 1. The summed E-state index contributed by atoms with van der Waals surface area (Å²) >= 11 is 4.41. The van der Waals surface area contributed by atoms with Crippen LogP contribution in [-0.4, -0.2) is 49.4 Å². The Bertz CT molecular complexity index is 271. The van der Waals surface area contributed by atoms with Crippen LogP contribution < -0.4 is 5.32 Å². The van der Waals surface area contributed by atoms with Crippen molar-refractivity contribution in [3.05, 3.63) is 0 Å². The highest BCUT2D eigenvalue weighted by Crippen LogP contribution is 2.16. The minimum Gasteiger partial charge on any atom is -0.444 e. The van der Waals surface area contributed by atoms with Crippen LogP contribution in [0.4, 0.5) is 4.79 Å². The number of alkyl carbamates (subject to hydrolysis) is 1. The maximum Gasteiger partial charge on any atom is 0.407 e. The van der Waals surface area contributed by atoms with E-state index in [0.29, 0.717) is 33.0 Å². The van der Waals surface area contributed by atoms with Crippen LogP contribution in [-0.2, 0) is 14.2 Å². The Balaban J connectivity index is 3.31. The van der Waals surface area contributed by atoms with Crippen LogP contribution in [0, 0.1) is 0 Å². The molecule has 0 rings (SSSR count). The fraction of sp³-hybridized carbons (Fsp3) is 0.929. The topological polar surface area (TPSA) is 56.8 Å². The summed E-state index contributed by atoms with van der Waals surface area (Å²) in [5, 5.41) is 2.62. The predicted octanol–water partition coefficient (Wildman–Crippen LogP) is 2.64. The monoisotopic (exact) mass is 307 g/mol. The van der Waals surface area contributed by atoms with Gasteiger partial charge in [0.15, 0.2) is 0 Å². The lowest BCUT2D eigenvalue weighted by molar-refractivity contribution is 0.0385. The summed E-state index contributed by atoms with van der Waals surface area (Å²) in [7, 11) is 0. The molecule has 0 aliphatic rings. The summed E-state index contributed by atoms with van der Waals surface area (Å²) in [5.74, 6) is 0. The van der Waals surface area contributed by atoms with Gasteiger partial charge in [0.05, 0.1) is 19.8 Å². The highest BCUT2D eigenvalue weighted by atomic mass is 32.1. The van der Waals surface area contributed by atoms with E-state index in [9.17, 15) is 4.79 Å². The zero-order chi connectivity index (χ0) is 15.6. The first-order valence-corrected chi connectivity index (χ1v) is 7.40. The molecule has 0 aromatic heterocycles. The average Bonchev–Trinajstić information content (AvgIpc) is 2.22. The number of hydrogen-bond acceptors (Lipinski definition) is 5. The van der Waals surface area contributed by atoms with E-state index < -0.39 is 11.7 Å². The highest BCUT2D eigenvalue weighted by Gasteiger charge is 2.15. The molecule has 0 saturated carbocycles. The largest absolute Gasteiger partial charge is 0.444 e. The van der Waals surface area contributed by atoms with Gasteiger partial charge in [-0.05, 0) is 27.2 Å². The number of ether oxygens (including phenoxy) is 3. The van der Waals surface area contributed by atoms with Crippen molar-refractivity contribution in [2.45, 2.75) is 51.4 Å². The number of rotatable bonds is 9. The van der Waals surface area contributed by atoms with E-state index in [1.54, 1.807) is 0 Å². The molecule has 0 aliphatic heterocycles. The van der Waals surface area contributed by atoms with Crippen LogP contribution in [0.15, 0.2) is 0 Å². The molecular weight excluding hydrogens is 278 g/mol. The Morgan fingerprint density at radius 3 is 2.05 bits per heavy atom. The SMILES string of the molecule is CC(C)(S)CCOCCOCCNC(=O)OC(C)(C)C. The maximum absolute atomic E-state index is 11.3. The van der Waals surface area contributed by atoms with E-state index in [-0.39, 0.29) is 4.75 Å². The van der Waals surface area contributed by atoms with Gasteiger partial charge in [-0.2, -0.15) is 12.6 Å². The minimum atomic E-state index is -0.473. The minimum absolute atomic E-state index is 0.00179. The van der Waals surface area contributed by atoms with Crippen molar-refractivity contribution in [2.24, 2.45) is 0 Å². The van der Waals surface area contributed by atoms with Gasteiger partial charge in [0, 0.05) is 17.9 Å². The zero-order valence-electron chi connectivity index (χ0n) is 13.3. The smallest absolute Gasteiger partial charge is 0.407 e. The summed E-state index contributed by atoms with van der Waals surface area (Å²) in [6, 6.07) is 0. The summed E-state index contributed by atoms with van der Waals surface area (Å²) in [6.07, 6.45) is 0.476. The predicted molar refractivity (Wildman–Crippen MR) is 83.6 cm³/mol. The third kappa shape index (κ3) is 15.6. The lowest BCUT2D eigenvalue weighted by Crippen LogP contribution is -2.34. The molecule has 0 heterocycles. The van der Waals surface area contributed by atoms with Crippen LogP contribution >= 0.6 is 12.6 Å². The second kappa shape index (κ2) is 9.47. The van der Waals surface area contributed by atoms with Gasteiger partial charge in [-0.1, -0.05) is 13.8 Å². The number of hydrogen-bond donors (Lipinski definition) is 2. The van der Waals surface area contributed by atoms with Gasteiger partial charge in [0.25, 0.3) is 0 Å². The lowest BCUT2D eigenvalue weighted by Gasteiger charge is -2.19. The van der Waals surface area contributed by atoms with Gasteiger partial charge in [0.1, 0.15) is 5.60 Å². The number of nitrogens with one attached hydrogen (secondary N) is 1. The molecule has 0 aromatic carbocycles. The normalized spacial score (nSPS) is 12.3. The van der Waals surface area contributed by atoms with E-state index in [0.717, 1.165) is 6.42 Å². The second-order valence-electron chi connectivity index (χ2n) is 6.22. The molecule has 0 unspecified atom stereocenters. The van der Waals surface area contributed by atoms with E-state index in [1.807, 2.05) is 20.8 Å². The fourth-order valence-electron chi connectivity index (χ4n) is 1.18. The molecule has 20 heavy (non-hydrogen) atoms. The zero-order valence-corrected chi connectivity index (χ0v) is 14.2. The summed E-state index contributed by atoms with van der Waals surface area (Å²) in [5.41, 5.74) is -0.473. The van der Waals surface area contributed by atoms with Crippen LogP contribution in [0.5, 0.6) is 0 Å². The van der Waals surface area contributed by atoms with Crippen LogP contribution in [0.2, 0.25) is 0 Å². The molecule has 120 valence electrons. The fourth-order valence-corrected chi connectivity index (χ4v) is 1.27. The Kier molecular flexibility index (Phi) is 9.25. The quantitative estimate of drug-likeness (QED) is 0.508. The molecule has 0 spiro atoms. The van der Waals surface area contributed by atoms with Crippen LogP contribution in [0.3, 0.4) is 0 Å².